The molecule has 0 aliphatic carbocycles. The normalized spacial score (nSPS) is 11.9. The van der Waals surface area contributed by atoms with Gasteiger partial charge in [0.1, 0.15) is 12.1 Å². The molecular weight excluding hydrogens is 256 g/mol. The monoisotopic (exact) mass is 270 g/mol. The average Bonchev–Trinajstić information content (AvgIpc) is 2.76. The molecule has 0 unspecified atom stereocenters. The first kappa shape index (κ1) is 12.7. The van der Waals surface area contributed by atoms with Gasteiger partial charge < -0.3 is 5.32 Å². The first-order valence-electron chi connectivity index (χ1n) is 5.34. The van der Waals surface area contributed by atoms with Crippen LogP contribution in [0.25, 0.3) is 5.78 Å². The molecule has 0 spiro atoms. The summed E-state index contributed by atoms with van der Waals surface area (Å²) >= 11 is 0. The van der Waals surface area contributed by atoms with E-state index in [2.05, 4.69) is 25.1 Å². The van der Waals surface area contributed by atoms with Gasteiger partial charge in [-0.25, -0.2) is 18.1 Å². The molecule has 2 heterocycles. The summed E-state index contributed by atoms with van der Waals surface area (Å²) in [5.41, 5.74) is 0.787. The third kappa shape index (κ3) is 2.74. The summed E-state index contributed by atoms with van der Waals surface area (Å²) in [6.45, 7) is 2.12. The number of hydrogen-bond acceptors (Lipinski definition) is 6. The fraction of sp³-hybridized carbons (Fsp3) is 0.444. The van der Waals surface area contributed by atoms with E-state index in [1.807, 2.05) is 6.92 Å². The van der Waals surface area contributed by atoms with Gasteiger partial charge in [-0.3, -0.25) is 0 Å². The second kappa shape index (κ2) is 4.86. The molecule has 98 valence electrons. The molecule has 0 atom stereocenters. The van der Waals surface area contributed by atoms with Crippen LogP contribution in [0.15, 0.2) is 12.4 Å². The maximum Gasteiger partial charge on any atom is 0.254 e. The van der Waals surface area contributed by atoms with Crippen LogP contribution in [0, 0.1) is 6.92 Å². The number of nitrogens with one attached hydrogen (secondary N) is 2. The Morgan fingerprint density at radius 1 is 1.44 bits per heavy atom. The third-order valence-electron chi connectivity index (χ3n) is 2.37. The van der Waals surface area contributed by atoms with E-state index in [1.165, 1.54) is 17.9 Å². The molecule has 8 nitrogen and oxygen atoms in total. The van der Waals surface area contributed by atoms with Gasteiger partial charge in [0.05, 0.1) is 5.75 Å². The molecule has 0 fully saturated rings. The zero-order valence-electron chi connectivity index (χ0n) is 10.1. The summed E-state index contributed by atoms with van der Waals surface area (Å²) in [7, 11) is -1.82. The SMILES string of the molecule is CNS(=O)(=O)CCNc1cc(C)nc2ncnn12. The summed E-state index contributed by atoms with van der Waals surface area (Å²) in [6, 6.07) is 1.79. The Morgan fingerprint density at radius 2 is 2.22 bits per heavy atom. The van der Waals surface area contributed by atoms with E-state index in [-0.39, 0.29) is 12.3 Å². The van der Waals surface area contributed by atoms with Crippen LogP contribution in [-0.4, -0.2) is 47.3 Å². The van der Waals surface area contributed by atoms with Crippen molar-refractivity contribution >= 4 is 21.6 Å². The largest absolute Gasteiger partial charge is 0.369 e. The Kier molecular flexibility index (Phi) is 3.43. The van der Waals surface area contributed by atoms with Gasteiger partial charge in [0, 0.05) is 18.3 Å². The summed E-state index contributed by atoms with van der Waals surface area (Å²) in [5.74, 6) is 1.14. The zero-order chi connectivity index (χ0) is 13.2. The smallest absolute Gasteiger partial charge is 0.254 e. The summed E-state index contributed by atoms with van der Waals surface area (Å²) in [4.78, 5) is 8.17. The second-order valence-corrected chi connectivity index (χ2v) is 5.75. The highest BCUT2D eigenvalue weighted by molar-refractivity contribution is 7.89. The van der Waals surface area contributed by atoms with Crippen molar-refractivity contribution in [2.24, 2.45) is 0 Å². The van der Waals surface area contributed by atoms with Crippen molar-refractivity contribution in [2.75, 3.05) is 24.7 Å². The van der Waals surface area contributed by atoms with Gasteiger partial charge >= 0.3 is 0 Å². The summed E-state index contributed by atoms with van der Waals surface area (Å²) in [5, 5.41) is 7.02. The van der Waals surface area contributed by atoms with Crippen LogP contribution in [0.1, 0.15) is 5.69 Å². The lowest BCUT2D eigenvalue weighted by Gasteiger charge is -2.08. The van der Waals surface area contributed by atoms with Crippen molar-refractivity contribution < 1.29 is 8.42 Å². The molecule has 0 radical (unpaired) electrons. The van der Waals surface area contributed by atoms with Crippen molar-refractivity contribution in [1.29, 1.82) is 0 Å². The van der Waals surface area contributed by atoms with E-state index >= 15 is 0 Å². The number of aryl methyl sites for hydroxylation is 1. The minimum absolute atomic E-state index is 0.0128. The number of fused-ring (bicyclic) bond motifs is 1. The molecule has 2 aromatic rings. The lowest BCUT2D eigenvalue weighted by atomic mass is 10.4. The van der Waals surface area contributed by atoms with Crippen molar-refractivity contribution in [2.45, 2.75) is 6.92 Å². The number of hydrogen-bond donors (Lipinski definition) is 2. The van der Waals surface area contributed by atoms with Gasteiger partial charge in [-0.1, -0.05) is 0 Å². The highest BCUT2D eigenvalue weighted by Gasteiger charge is 2.08. The Labute approximate surface area is 104 Å². The predicted octanol–water partition coefficient (Wildman–Crippen LogP) is -0.606. The number of sulfonamides is 1. The molecule has 2 rings (SSSR count). The molecule has 2 aromatic heterocycles. The van der Waals surface area contributed by atoms with Crippen LogP contribution in [0.3, 0.4) is 0 Å². The van der Waals surface area contributed by atoms with Crippen LogP contribution in [-0.2, 0) is 10.0 Å². The first-order chi connectivity index (χ1) is 8.52. The van der Waals surface area contributed by atoms with E-state index in [1.54, 1.807) is 6.07 Å². The van der Waals surface area contributed by atoms with Gasteiger partial charge in [-0.05, 0) is 14.0 Å². The van der Waals surface area contributed by atoms with E-state index < -0.39 is 10.0 Å². The van der Waals surface area contributed by atoms with Gasteiger partial charge in [0.15, 0.2) is 0 Å². The molecule has 0 saturated carbocycles. The van der Waals surface area contributed by atoms with Crippen LogP contribution in [0.2, 0.25) is 0 Å². The van der Waals surface area contributed by atoms with Gasteiger partial charge in [0.25, 0.3) is 5.78 Å². The standard InChI is InChI=1S/C9H14N6O2S/c1-7-5-8(11-3-4-18(16,17)10-2)15-9(14-7)12-6-13-15/h5-6,10-11H,3-4H2,1-2H3. The van der Waals surface area contributed by atoms with Gasteiger partial charge in [-0.15, -0.1) is 0 Å². The topological polar surface area (TPSA) is 101 Å². The Balaban J connectivity index is 2.14. The number of anilines is 1. The van der Waals surface area contributed by atoms with Crippen LogP contribution >= 0.6 is 0 Å². The number of aromatic nitrogens is 4. The van der Waals surface area contributed by atoms with E-state index in [9.17, 15) is 8.42 Å². The molecule has 0 amide bonds. The van der Waals surface area contributed by atoms with Crippen LogP contribution in [0.4, 0.5) is 5.82 Å². The highest BCUT2D eigenvalue weighted by atomic mass is 32.2. The molecule has 2 N–H and O–H groups in total. The van der Waals surface area contributed by atoms with E-state index in [0.717, 1.165) is 5.69 Å². The minimum atomic E-state index is -3.21. The summed E-state index contributed by atoms with van der Waals surface area (Å²) in [6.07, 6.45) is 1.40. The average molecular weight is 270 g/mol. The molecule has 0 saturated heterocycles. The Bertz CT molecular complexity index is 650. The van der Waals surface area contributed by atoms with E-state index in [4.69, 9.17) is 0 Å². The van der Waals surface area contributed by atoms with Gasteiger partial charge in [-0.2, -0.15) is 14.6 Å². The first-order valence-corrected chi connectivity index (χ1v) is 6.99. The lowest BCUT2D eigenvalue weighted by Crippen LogP contribution is -2.26. The molecule has 9 heteroatoms. The second-order valence-electron chi connectivity index (χ2n) is 3.70. The zero-order valence-corrected chi connectivity index (χ0v) is 10.9. The Morgan fingerprint density at radius 3 is 2.94 bits per heavy atom. The fourth-order valence-corrected chi connectivity index (χ4v) is 2.05. The third-order valence-corrected chi connectivity index (χ3v) is 3.73. The highest BCUT2D eigenvalue weighted by Crippen LogP contribution is 2.09. The van der Waals surface area contributed by atoms with Crippen molar-refractivity contribution in [1.82, 2.24) is 24.3 Å². The molecule has 18 heavy (non-hydrogen) atoms. The van der Waals surface area contributed by atoms with Crippen molar-refractivity contribution in [3.63, 3.8) is 0 Å². The van der Waals surface area contributed by atoms with Crippen molar-refractivity contribution in [3.8, 4) is 0 Å². The number of rotatable bonds is 5. The van der Waals surface area contributed by atoms with Crippen LogP contribution in [0.5, 0.6) is 0 Å². The van der Waals surface area contributed by atoms with Crippen molar-refractivity contribution in [3.05, 3.63) is 18.1 Å². The number of nitrogens with zero attached hydrogens (tertiary/aromatic N) is 4. The fourth-order valence-electron chi connectivity index (χ4n) is 1.47. The molecule has 0 aliphatic heterocycles. The molecular formula is C9H14N6O2S. The minimum Gasteiger partial charge on any atom is -0.369 e. The summed E-state index contributed by atoms with van der Waals surface area (Å²) < 4.78 is 26.3. The Hall–Kier alpha value is -1.74. The van der Waals surface area contributed by atoms with Gasteiger partial charge in [0.2, 0.25) is 10.0 Å². The maximum absolute atomic E-state index is 11.3. The quantitative estimate of drug-likeness (QED) is 0.752. The molecule has 0 aromatic carbocycles. The molecule has 0 bridgehead atoms. The molecule has 0 aliphatic rings. The maximum atomic E-state index is 11.3. The lowest BCUT2D eigenvalue weighted by molar-refractivity contribution is 0.588. The van der Waals surface area contributed by atoms with E-state index in [0.29, 0.717) is 11.6 Å². The van der Waals surface area contributed by atoms with Crippen LogP contribution < -0.4 is 10.0 Å². The predicted molar refractivity (Wildman–Crippen MR) is 66.9 cm³/mol.